The molecule has 25 heavy (non-hydrogen) atoms. The van der Waals surface area contributed by atoms with E-state index < -0.39 is 6.04 Å². The van der Waals surface area contributed by atoms with Crippen LogP contribution in [0.15, 0.2) is 0 Å². The van der Waals surface area contributed by atoms with Gasteiger partial charge in [-0.25, -0.2) is 0 Å². The third-order valence-corrected chi connectivity index (χ3v) is 6.23. The molecule has 0 saturated carbocycles. The molecule has 4 N–H and O–H groups in total. The van der Waals surface area contributed by atoms with Crippen LogP contribution in [0.25, 0.3) is 0 Å². The van der Waals surface area contributed by atoms with Crippen LogP contribution in [0.2, 0.25) is 0 Å². The first-order valence-corrected chi connectivity index (χ1v) is 9.78. The van der Waals surface area contributed by atoms with Gasteiger partial charge in [-0.05, 0) is 44.5 Å². The maximum absolute atomic E-state index is 12.1. The number of hydrogen-bond acceptors (Lipinski definition) is 6. The van der Waals surface area contributed by atoms with Crippen molar-refractivity contribution in [3.63, 3.8) is 0 Å². The number of nitrogens with one attached hydrogen (secondary N) is 2. The Morgan fingerprint density at radius 1 is 1.44 bits per heavy atom. The van der Waals surface area contributed by atoms with Crippen molar-refractivity contribution in [3.05, 3.63) is 0 Å². The number of likely N-dealkylation sites (N-methyl/N-ethyl adjacent to an activating group) is 2. The van der Waals surface area contributed by atoms with E-state index in [1.54, 1.807) is 18.8 Å². The minimum absolute atomic E-state index is 0.153. The molecule has 4 unspecified atom stereocenters. The van der Waals surface area contributed by atoms with E-state index in [1.165, 1.54) is 0 Å². The van der Waals surface area contributed by atoms with E-state index in [9.17, 15) is 14.4 Å². The molecule has 144 valence electrons. The van der Waals surface area contributed by atoms with Gasteiger partial charge in [0.2, 0.25) is 11.8 Å². The molecule has 2 amide bonds. The van der Waals surface area contributed by atoms with Gasteiger partial charge in [0.25, 0.3) is 0 Å². The standard InChI is InChI=1S/C17H32N4O3S/c1-6-12(19-4)16(24)20-11(10-22)7-8-25-13-9-17(2,3)14(15(18)23)21(13)5/h10-14,19H,6-9H2,1-5H3,(H2,18,23)(H,20,24). The molecule has 0 radical (unpaired) electrons. The maximum atomic E-state index is 12.1. The molecule has 0 spiro atoms. The first-order chi connectivity index (χ1) is 11.7. The summed E-state index contributed by atoms with van der Waals surface area (Å²) in [4.78, 5) is 37.0. The van der Waals surface area contributed by atoms with Crippen LogP contribution in [0.1, 0.15) is 40.0 Å². The summed E-state index contributed by atoms with van der Waals surface area (Å²) in [6, 6.07) is -1.06. The Morgan fingerprint density at radius 3 is 2.52 bits per heavy atom. The molecule has 1 saturated heterocycles. The van der Waals surface area contributed by atoms with E-state index >= 15 is 0 Å². The van der Waals surface area contributed by atoms with Crippen molar-refractivity contribution in [2.24, 2.45) is 11.1 Å². The highest BCUT2D eigenvalue weighted by molar-refractivity contribution is 7.99. The summed E-state index contributed by atoms with van der Waals surface area (Å²) in [7, 11) is 3.64. The summed E-state index contributed by atoms with van der Waals surface area (Å²) in [5, 5.41) is 5.88. The number of nitrogens with two attached hydrogens (primary N) is 1. The molecular weight excluding hydrogens is 340 g/mol. The van der Waals surface area contributed by atoms with Gasteiger partial charge in [-0.2, -0.15) is 0 Å². The number of carbonyl (C=O) groups is 3. The third-order valence-electron chi connectivity index (χ3n) is 4.88. The summed E-state index contributed by atoms with van der Waals surface area (Å²) in [6.07, 6.45) is 2.87. The third kappa shape index (κ3) is 5.69. The van der Waals surface area contributed by atoms with E-state index in [2.05, 4.69) is 24.5 Å². The van der Waals surface area contributed by atoms with Crippen molar-refractivity contribution < 1.29 is 14.4 Å². The van der Waals surface area contributed by atoms with E-state index in [0.717, 1.165) is 18.5 Å². The summed E-state index contributed by atoms with van der Waals surface area (Å²) >= 11 is 1.70. The largest absolute Gasteiger partial charge is 0.368 e. The van der Waals surface area contributed by atoms with Crippen molar-refractivity contribution in [1.29, 1.82) is 0 Å². The normalized spacial score (nSPS) is 25.3. The molecule has 1 heterocycles. The van der Waals surface area contributed by atoms with Crippen LogP contribution in [-0.4, -0.2) is 66.3 Å². The van der Waals surface area contributed by atoms with Crippen molar-refractivity contribution in [3.8, 4) is 0 Å². The highest BCUT2D eigenvalue weighted by Crippen LogP contribution is 2.43. The maximum Gasteiger partial charge on any atom is 0.237 e. The second-order valence-corrected chi connectivity index (χ2v) is 8.56. The molecule has 1 fully saturated rings. The number of rotatable bonds is 10. The van der Waals surface area contributed by atoms with Crippen LogP contribution in [0.3, 0.4) is 0 Å². The monoisotopic (exact) mass is 372 g/mol. The first-order valence-electron chi connectivity index (χ1n) is 8.73. The van der Waals surface area contributed by atoms with Gasteiger partial charge in [0.1, 0.15) is 6.29 Å². The Hall–Kier alpha value is -1.12. The second kappa shape index (κ2) is 9.54. The van der Waals surface area contributed by atoms with E-state index in [0.29, 0.717) is 12.8 Å². The van der Waals surface area contributed by atoms with E-state index in [4.69, 9.17) is 5.73 Å². The van der Waals surface area contributed by atoms with Gasteiger partial charge in [0.15, 0.2) is 0 Å². The Balaban J connectivity index is 2.51. The topological polar surface area (TPSA) is 105 Å². The number of thioether (sulfide) groups is 1. The highest BCUT2D eigenvalue weighted by atomic mass is 32.2. The minimum Gasteiger partial charge on any atom is -0.368 e. The smallest absolute Gasteiger partial charge is 0.237 e. The molecule has 1 aliphatic rings. The lowest BCUT2D eigenvalue weighted by Crippen LogP contribution is -2.47. The van der Waals surface area contributed by atoms with Crippen LogP contribution in [0, 0.1) is 5.41 Å². The van der Waals surface area contributed by atoms with E-state index in [1.807, 2.05) is 18.9 Å². The molecule has 0 aromatic heterocycles. The number of primary amides is 1. The zero-order valence-corrected chi connectivity index (χ0v) is 16.7. The van der Waals surface area contributed by atoms with Gasteiger partial charge in [0, 0.05) is 0 Å². The fraction of sp³-hybridized carbons (Fsp3) is 0.824. The number of amides is 2. The quantitative estimate of drug-likeness (QED) is 0.478. The average Bonchev–Trinajstić information content (AvgIpc) is 2.76. The zero-order valence-electron chi connectivity index (χ0n) is 15.9. The average molecular weight is 373 g/mol. The lowest BCUT2D eigenvalue weighted by atomic mass is 9.84. The van der Waals surface area contributed by atoms with Crippen molar-refractivity contribution >= 4 is 29.9 Å². The van der Waals surface area contributed by atoms with E-state index in [-0.39, 0.29) is 34.7 Å². The Morgan fingerprint density at radius 2 is 2.08 bits per heavy atom. The predicted octanol–water partition coefficient (Wildman–Crippen LogP) is 0.333. The number of nitrogens with zero attached hydrogens (tertiary/aromatic N) is 1. The second-order valence-electron chi connectivity index (χ2n) is 7.28. The van der Waals surface area contributed by atoms with Crippen LogP contribution >= 0.6 is 11.8 Å². The Kier molecular flexibility index (Phi) is 8.37. The van der Waals surface area contributed by atoms with Crippen molar-refractivity contribution in [2.75, 3.05) is 19.8 Å². The van der Waals surface area contributed by atoms with Crippen LogP contribution in [0.4, 0.5) is 0 Å². The molecule has 0 bridgehead atoms. The van der Waals surface area contributed by atoms with Gasteiger partial charge in [-0.15, -0.1) is 11.8 Å². The number of aldehydes is 1. The summed E-state index contributed by atoms with van der Waals surface area (Å²) in [5.41, 5.74) is 5.38. The van der Waals surface area contributed by atoms with Crippen LogP contribution < -0.4 is 16.4 Å². The Bertz CT molecular complexity index is 483. The van der Waals surface area contributed by atoms with Gasteiger partial charge >= 0.3 is 0 Å². The molecule has 0 aliphatic carbocycles. The van der Waals surface area contributed by atoms with Crippen molar-refractivity contribution in [1.82, 2.24) is 15.5 Å². The fourth-order valence-electron chi connectivity index (χ4n) is 3.49. The first kappa shape index (κ1) is 21.9. The van der Waals surface area contributed by atoms with Gasteiger partial charge in [-0.1, -0.05) is 20.8 Å². The lowest BCUT2D eigenvalue weighted by Gasteiger charge is -2.28. The molecule has 1 aliphatic heterocycles. The minimum atomic E-state index is -0.492. The summed E-state index contributed by atoms with van der Waals surface area (Å²) in [6.45, 7) is 6.02. The highest BCUT2D eigenvalue weighted by Gasteiger charge is 2.47. The number of likely N-dealkylation sites (tertiary alicyclic amines) is 1. The van der Waals surface area contributed by atoms with Crippen LogP contribution in [-0.2, 0) is 14.4 Å². The zero-order chi connectivity index (χ0) is 19.2. The Labute approximate surface area is 154 Å². The fourth-order valence-corrected chi connectivity index (χ4v) is 5.06. The SMILES string of the molecule is CCC(NC)C(=O)NC(C=O)CCSC1CC(C)(C)C(C(N)=O)N1C. The van der Waals surface area contributed by atoms with Gasteiger partial charge in [0.05, 0.1) is 23.5 Å². The number of hydrogen-bond donors (Lipinski definition) is 3. The molecule has 1 rings (SSSR count). The van der Waals surface area contributed by atoms with Gasteiger partial charge < -0.3 is 21.2 Å². The number of carbonyl (C=O) groups excluding carboxylic acids is 3. The summed E-state index contributed by atoms with van der Waals surface area (Å²) < 4.78 is 0. The molecule has 0 aromatic carbocycles. The molecule has 0 aromatic rings. The summed E-state index contributed by atoms with van der Waals surface area (Å²) in [5.74, 6) is 0.266. The molecule has 7 nitrogen and oxygen atoms in total. The van der Waals surface area contributed by atoms with Gasteiger partial charge in [-0.3, -0.25) is 14.5 Å². The lowest BCUT2D eigenvalue weighted by molar-refractivity contribution is -0.126. The predicted molar refractivity (Wildman–Crippen MR) is 101 cm³/mol. The van der Waals surface area contributed by atoms with Crippen molar-refractivity contribution in [2.45, 2.75) is 63.5 Å². The molecular formula is C17H32N4O3S. The molecule has 8 heteroatoms. The molecule has 4 atom stereocenters. The van der Waals surface area contributed by atoms with Crippen LogP contribution in [0.5, 0.6) is 0 Å².